The van der Waals surface area contributed by atoms with E-state index < -0.39 is 5.54 Å². The van der Waals surface area contributed by atoms with Crippen molar-refractivity contribution in [2.24, 2.45) is 5.92 Å². The number of anilines is 1. The highest BCUT2D eigenvalue weighted by molar-refractivity contribution is 5.97. The van der Waals surface area contributed by atoms with Crippen LogP contribution in [-0.2, 0) is 4.79 Å². The van der Waals surface area contributed by atoms with Gasteiger partial charge in [-0.1, -0.05) is 37.1 Å². The summed E-state index contributed by atoms with van der Waals surface area (Å²) in [7, 11) is 0. The average Bonchev–Trinajstić information content (AvgIpc) is 3.23. The largest absolute Gasteiger partial charge is 0.371 e. The van der Waals surface area contributed by atoms with Crippen LogP contribution in [0.2, 0.25) is 0 Å². The highest BCUT2D eigenvalue weighted by atomic mass is 16.2. The van der Waals surface area contributed by atoms with Crippen molar-refractivity contribution in [3.05, 3.63) is 60.4 Å². The molecule has 0 spiro atoms. The van der Waals surface area contributed by atoms with Gasteiger partial charge in [0.1, 0.15) is 11.2 Å². The molecule has 2 heterocycles. The monoisotopic (exact) mass is 377 g/mol. The Morgan fingerprint density at radius 2 is 1.75 bits per heavy atom. The number of para-hydroxylation sites is 1. The van der Waals surface area contributed by atoms with Crippen LogP contribution in [-0.4, -0.2) is 40.2 Å². The Hall–Kier alpha value is -2.69. The summed E-state index contributed by atoms with van der Waals surface area (Å²) in [6.07, 6.45) is 7.11. The van der Waals surface area contributed by atoms with E-state index in [2.05, 4.69) is 10.3 Å². The molecule has 0 radical (unpaired) electrons. The van der Waals surface area contributed by atoms with Crippen LogP contribution < -0.4 is 5.32 Å². The van der Waals surface area contributed by atoms with Crippen LogP contribution in [0.4, 0.5) is 5.69 Å². The molecule has 1 aromatic carbocycles. The second-order valence-corrected chi connectivity index (χ2v) is 7.95. The number of likely N-dealkylation sites (tertiary alicyclic amines) is 1. The average molecular weight is 377 g/mol. The first-order valence-corrected chi connectivity index (χ1v) is 10.3. The molecule has 1 saturated carbocycles. The van der Waals surface area contributed by atoms with Crippen LogP contribution in [0.5, 0.6) is 0 Å². The van der Waals surface area contributed by atoms with E-state index >= 15 is 0 Å². The summed E-state index contributed by atoms with van der Waals surface area (Å²) in [4.78, 5) is 32.5. The van der Waals surface area contributed by atoms with E-state index in [-0.39, 0.29) is 17.6 Å². The molecule has 2 fully saturated rings. The van der Waals surface area contributed by atoms with Crippen molar-refractivity contribution in [1.82, 2.24) is 9.88 Å². The first-order chi connectivity index (χ1) is 13.7. The molecular weight excluding hydrogens is 350 g/mol. The standard InChI is InChI=1S/C23H27N3O2/c27-21(20-12-4-7-15-24-20)18-9-8-16-26(17-18)22(28)23(13-5-6-14-23)25-19-10-2-1-3-11-19/h1-4,7,10-12,15,18,25H,5-6,8-9,13-14,16-17H2. The third-order valence-corrected chi connectivity index (χ3v) is 6.02. The molecular formula is C23H27N3O2. The van der Waals surface area contributed by atoms with E-state index in [0.29, 0.717) is 12.2 Å². The van der Waals surface area contributed by atoms with E-state index in [9.17, 15) is 9.59 Å². The molecule has 5 heteroatoms. The predicted octanol–water partition coefficient (Wildman–Crippen LogP) is 3.93. The minimum Gasteiger partial charge on any atom is -0.371 e. The lowest BCUT2D eigenvalue weighted by Crippen LogP contribution is -2.55. The van der Waals surface area contributed by atoms with Crippen LogP contribution in [0.25, 0.3) is 0 Å². The zero-order valence-corrected chi connectivity index (χ0v) is 16.1. The number of ketones is 1. The van der Waals surface area contributed by atoms with Gasteiger partial charge in [0.25, 0.3) is 0 Å². The second-order valence-electron chi connectivity index (χ2n) is 7.95. The zero-order chi connectivity index (χ0) is 19.4. The zero-order valence-electron chi connectivity index (χ0n) is 16.1. The number of nitrogens with one attached hydrogen (secondary N) is 1. The molecule has 28 heavy (non-hydrogen) atoms. The van der Waals surface area contributed by atoms with E-state index in [1.54, 1.807) is 12.3 Å². The molecule has 0 bridgehead atoms. The van der Waals surface area contributed by atoms with Crippen molar-refractivity contribution in [3.63, 3.8) is 0 Å². The molecule has 1 aliphatic carbocycles. The summed E-state index contributed by atoms with van der Waals surface area (Å²) in [6.45, 7) is 1.22. The second kappa shape index (κ2) is 8.13. The van der Waals surface area contributed by atoms with Crippen LogP contribution >= 0.6 is 0 Å². The van der Waals surface area contributed by atoms with Crippen molar-refractivity contribution in [1.29, 1.82) is 0 Å². The molecule has 1 unspecified atom stereocenters. The lowest BCUT2D eigenvalue weighted by Gasteiger charge is -2.39. The maximum atomic E-state index is 13.6. The number of piperidine rings is 1. The molecule has 1 atom stereocenters. The normalized spacial score (nSPS) is 21.3. The number of aromatic nitrogens is 1. The van der Waals surface area contributed by atoms with Gasteiger partial charge in [0.2, 0.25) is 5.91 Å². The first-order valence-electron chi connectivity index (χ1n) is 10.3. The lowest BCUT2D eigenvalue weighted by atomic mass is 9.88. The van der Waals surface area contributed by atoms with Crippen LogP contribution in [0.15, 0.2) is 54.7 Å². The maximum Gasteiger partial charge on any atom is 0.248 e. The van der Waals surface area contributed by atoms with Gasteiger partial charge in [0, 0.05) is 30.9 Å². The van der Waals surface area contributed by atoms with Gasteiger partial charge >= 0.3 is 0 Å². The van der Waals surface area contributed by atoms with Crippen molar-refractivity contribution < 1.29 is 9.59 Å². The third-order valence-electron chi connectivity index (χ3n) is 6.02. The highest BCUT2D eigenvalue weighted by Gasteiger charge is 2.45. The summed E-state index contributed by atoms with van der Waals surface area (Å²) in [6, 6.07) is 15.4. The molecule has 1 aromatic heterocycles. The fourth-order valence-corrected chi connectivity index (χ4v) is 4.56. The Bertz CT molecular complexity index is 816. The van der Waals surface area contributed by atoms with E-state index in [1.807, 2.05) is 47.4 Å². The fraction of sp³-hybridized carbons (Fsp3) is 0.435. The Balaban J connectivity index is 1.50. The molecule has 2 aliphatic rings. The minimum atomic E-state index is -0.544. The summed E-state index contributed by atoms with van der Waals surface area (Å²) >= 11 is 0. The molecule has 1 saturated heterocycles. The van der Waals surface area contributed by atoms with Gasteiger partial charge in [-0.2, -0.15) is 0 Å². The Labute approximate surface area is 166 Å². The topological polar surface area (TPSA) is 62.3 Å². The summed E-state index contributed by atoms with van der Waals surface area (Å²) in [5, 5.41) is 3.54. The van der Waals surface area contributed by atoms with E-state index in [1.165, 1.54) is 0 Å². The van der Waals surface area contributed by atoms with Gasteiger partial charge in [-0.25, -0.2) is 0 Å². The van der Waals surface area contributed by atoms with Gasteiger partial charge in [-0.3, -0.25) is 14.6 Å². The molecule has 1 N–H and O–H groups in total. The number of carbonyl (C=O) groups excluding carboxylic acids is 2. The van der Waals surface area contributed by atoms with E-state index in [0.717, 1.165) is 50.8 Å². The number of carbonyl (C=O) groups is 2. The van der Waals surface area contributed by atoms with Gasteiger partial charge < -0.3 is 10.2 Å². The molecule has 4 rings (SSSR count). The Kier molecular flexibility index (Phi) is 5.42. The lowest BCUT2D eigenvalue weighted by molar-refractivity contribution is -0.137. The molecule has 5 nitrogen and oxygen atoms in total. The quantitative estimate of drug-likeness (QED) is 0.802. The van der Waals surface area contributed by atoms with Crippen molar-refractivity contribution in [2.75, 3.05) is 18.4 Å². The third kappa shape index (κ3) is 3.79. The smallest absolute Gasteiger partial charge is 0.248 e. The van der Waals surface area contributed by atoms with Crippen LogP contribution in [0, 0.1) is 5.92 Å². The number of pyridine rings is 1. The van der Waals surface area contributed by atoms with Crippen LogP contribution in [0.3, 0.4) is 0 Å². The molecule has 1 amide bonds. The summed E-state index contributed by atoms with van der Waals surface area (Å²) in [5.74, 6) is 0.0322. The Morgan fingerprint density at radius 3 is 2.46 bits per heavy atom. The number of hydrogen-bond donors (Lipinski definition) is 1. The maximum absolute atomic E-state index is 13.6. The van der Waals surface area contributed by atoms with Crippen molar-refractivity contribution in [3.8, 4) is 0 Å². The van der Waals surface area contributed by atoms with Gasteiger partial charge in [0.15, 0.2) is 5.78 Å². The summed E-state index contributed by atoms with van der Waals surface area (Å²) in [5.41, 5.74) is 0.938. The predicted molar refractivity (Wildman–Crippen MR) is 109 cm³/mol. The highest BCUT2D eigenvalue weighted by Crippen LogP contribution is 2.36. The Morgan fingerprint density at radius 1 is 1.00 bits per heavy atom. The number of hydrogen-bond acceptors (Lipinski definition) is 4. The number of rotatable bonds is 5. The fourth-order valence-electron chi connectivity index (χ4n) is 4.56. The molecule has 1 aliphatic heterocycles. The van der Waals surface area contributed by atoms with Crippen LogP contribution in [0.1, 0.15) is 49.0 Å². The first kappa shape index (κ1) is 18.7. The number of amides is 1. The van der Waals surface area contributed by atoms with E-state index in [4.69, 9.17) is 0 Å². The number of nitrogens with zero attached hydrogens (tertiary/aromatic N) is 2. The van der Waals surface area contributed by atoms with Gasteiger partial charge in [-0.05, 0) is 49.9 Å². The van der Waals surface area contributed by atoms with Crippen molar-refractivity contribution in [2.45, 2.75) is 44.1 Å². The van der Waals surface area contributed by atoms with Gasteiger partial charge in [0.05, 0.1) is 0 Å². The van der Waals surface area contributed by atoms with Crippen molar-refractivity contribution >= 4 is 17.4 Å². The van der Waals surface area contributed by atoms with Gasteiger partial charge in [-0.15, -0.1) is 0 Å². The number of Topliss-reactive ketones (excluding diaryl/α,β-unsaturated/α-hetero) is 1. The molecule has 2 aromatic rings. The SMILES string of the molecule is O=C(c1ccccn1)C1CCCN(C(=O)C2(Nc3ccccc3)CCCC2)C1. The summed E-state index contributed by atoms with van der Waals surface area (Å²) < 4.78 is 0. The minimum absolute atomic E-state index is 0.0505. The number of benzene rings is 1. The molecule has 146 valence electrons.